The number of alkyl halides is 2. The van der Waals surface area contributed by atoms with Crippen LogP contribution >= 0.6 is 11.6 Å². The zero-order valence-corrected chi connectivity index (χ0v) is 21.4. The molecule has 1 heterocycles. The summed E-state index contributed by atoms with van der Waals surface area (Å²) in [6.45, 7) is -2.57. The molecule has 4 aromatic rings. The molecular weight excluding hydrogens is 520 g/mol. The third kappa shape index (κ3) is 5.63. The Kier molecular flexibility index (Phi) is 7.20. The monoisotopic (exact) mass is 545 g/mol. The average molecular weight is 546 g/mol. The fourth-order valence-corrected chi connectivity index (χ4v) is 6.50. The molecule has 5 rings (SSSR count). The van der Waals surface area contributed by atoms with E-state index >= 15 is 0 Å². The van der Waals surface area contributed by atoms with E-state index in [0.717, 1.165) is 18.4 Å². The summed E-state index contributed by atoms with van der Waals surface area (Å²) in [7, 11) is -3.30. The number of halogens is 3. The van der Waals surface area contributed by atoms with Gasteiger partial charge in [-0.1, -0.05) is 41.9 Å². The topological polar surface area (TPSA) is 98.1 Å². The van der Waals surface area contributed by atoms with Crippen molar-refractivity contribution in [3.8, 4) is 16.9 Å². The second kappa shape index (κ2) is 10.4. The van der Waals surface area contributed by atoms with Crippen molar-refractivity contribution in [1.29, 1.82) is 0 Å². The minimum Gasteiger partial charge on any atom is -0.434 e. The van der Waals surface area contributed by atoms with E-state index in [1.807, 2.05) is 12.1 Å². The van der Waals surface area contributed by atoms with Gasteiger partial charge in [0, 0.05) is 17.0 Å². The van der Waals surface area contributed by atoms with Crippen molar-refractivity contribution in [1.82, 2.24) is 9.97 Å². The summed E-state index contributed by atoms with van der Waals surface area (Å²) in [5.74, 6) is 0.938. The lowest BCUT2D eigenvalue weighted by Crippen LogP contribution is -2.11. The molecule has 0 spiro atoms. The fourth-order valence-electron chi connectivity index (χ4n) is 4.54. The summed E-state index contributed by atoms with van der Waals surface area (Å²) in [5, 5.41) is 0.355. The Balaban J connectivity index is 1.49. The largest absolute Gasteiger partial charge is 0.434 e. The smallest absolute Gasteiger partial charge is 0.387 e. The molecule has 0 aliphatic heterocycles. The summed E-state index contributed by atoms with van der Waals surface area (Å²) in [6, 6.07) is 16.8. The molecule has 1 saturated carbocycles. The summed E-state index contributed by atoms with van der Waals surface area (Å²) in [6.07, 6.45) is 2.52. The van der Waals surface area contributed by atoms with E-state index in [2.05, 4.69) is 9.72 Å². The van der Waals surface area contributed by atoms with Gasteiger partial charge in [-0.3, -0.25) is 0 Å². The standard InChI is InChI=1S/C27H26ClF2N3O3S/c28-22-14-24-23(13-21(22)20-3-1-2-4-25(20)36-27(29)30)32-26(33-24)19(11-12-31)17-7-9-18(10-8-17)37(34,35)15-16-5-6-16/h1-4,7-10,13-14,16,19,27H,5-6,11-12,15,31H2,(H,32,33)/t19-/m1/s1. The molecule has 0 saturated heterocycles. The molecule has 194 valence electrons. The van der Waals surface area contributed by atoms with E-state index in [9.17, 15) is 17.2 Å². The van der Waals surface area contributed by atoms with E-state index in [4.69, 9.17) is 22.3 Å². The van der Waals surface area contributed by atoms with Gasteiger partial charge in [0.2, 0.25) is 0 Å². The number of nitrogens with one attached hydrogen (secondary N) is 1. The van der Waals surface area contributed by atoms with E-state index < -0.39 is 16.4 Å². The lowest BCUT2D eigenvalue weighted by atomic mass is 9.95. The van der Waals surface area contributed by atoms with Gasteiger partial charge in [-0.05, 0) is 67.6 Å². The summed E-state index contributed by atoms with van der Waals surface area (Å²) < 4.78 is 55.8. The van der Waals surface area contributed by atoms with Crippen LogP contribution in [0.15, 0.2) is 65.6 Å². The Labute approximate surface area is 218 Å². The first kappa shape index (κ1) is 25.6. The average Bonchev–Trinajstić information content (AvgIpc) is 3.57. The number of benzene rings is 3. The maximum atomic E-state index is 12.9. The number of hydrogen-bond acceptors (Lipinski definition) is 5. The third-order valence-electron chi connectivity index (χ3n) is 6.56. The van der Waals surface area contributed by atoms with Gasteiger partial charge in [0.15, 0.2) is 9.84 Å². The van der Waals surface area contributed by atoms with Crippen molar-refractivity contribution in [2.24, 2.45) is 11.7 Å². The summed E-state index contributed by atoms with van der Waals surface area (Å²) >= 11 is 6.55. The number of hydrogen-bond donors (Lipinski definition) is 2. The molecule has 1 aromatic heterocycles. The van der Waals surface area contributed by atoms with Gasteiger partial charge >= 0.3 is 6.61 Å². The highest BCUT2D eigenvalue weighted by molar-refractivity contribution is 7.91. The summed E-state index contributed by atoms with van der Waals surface area (Å²) in [5.41, 5.74) is 9.03. The van der Waals surface area contributed by atoms with Crippen molar-refractivity contribution in [3.63, 3.8) is 0 Å². The van der Waals surface area contributed by atoms with Gasteiger partial charge in [0.1, 0.15) is 11.6 Å². The normalized spacial score (nSPS) is 14.8. The molecule has 0 radical (unpaired) electrons. The van der Waals surface area contributed by atoms with E-state index in [1.165, 1.54) is 6.07 Å². The number of ether oxygens (including phenoxy) is 1. The number of aromatic nitrogens is 2. The molecule has 1 atom stereocenters. The quantitative estimate of drug-likeness (QED) is 0.249. The highest BCUT2D eigenvalue weighted by Crippen LogP contribution is 2.38. The minimum absolute atomic E-state index is 0.0206. The molecule has 1 fully saturated rings. The van der Waals surface area contributed by atoms with Crippen LogP contribution in [0, 0.1) is 5.92 Å². The van der Waals surface area contributed by atoms with Crippen LogP contribution in [0.2, 0.25) is 5.02 Å². The van der Waals surface area contributed by atoms with E-state index in [-0.39, 0.29) is 23.3 Å². The molecule has 10 heteroatoms. The molecule has 0 amide bonds. The number of fused-ring (bicyclic) bond motifs is 1. The van der Waals surface area contributed by atoms with Gasteiger partial charge in [0.25, 0.3) is 0 Å². The van der Waals surface area contributed by atoms with Crippen LogP contribution in [0.1, 0.15) is 36.6 Å². The molecule has 1 aliphatic rings. The molecule has 3 N–H and O–H groups in total. The van der Waals surface area contributed by atoms with Crippen molar-refractivity contribution >= 4 is 32.5 Å². The molecular formula is C27H26ClF2N3O3S. The molecule has 37 heavy (non-hydrogen) atoms. The molecule has 6 nitrogen and oxygen atoms in total. The van der Waals surface area contributed by atoms with E-state index in [0.29, 0.717) is 50.9 Å². The van der Waals surface area contributed by atoms with Gasteiger partial charge < -0.3 is 15.5 Å². The SMILES string of the molecule is NCC[C@H](c1ccc(S(=O)(=O)CC2CC2)cc1)c1nc2cc(-c3ccccc3OC(F)F)c(Cl)cc2[nH]1. The van der Waals surface area contributed by atoms with Crippen molar-refractivity contribution < 1.29 is 21.9 Å². The number of nitrogens with two attached hydrogens (primary N) is 1. The number of H-pyrrole nitrogens is 1. The Morgan fingerprint density at radius 3 is 2.49 bits per heavy atom. The highest BCUT2D eigenvalue weighted by Gasteiger charge is 2.29. The Hall–Kier alpha value is -3.01. The van der Waals surface area contributed by atoms with Gasteiger partial charge in [-0.15, -0.1) is 0 Å². The first-order valence-electron chi connectivity index (χ1n) is 12.0. The van der Waals surface area contributed by atoms with Gasteiger partial charge in [-0.25, -0.2) is 13.4 Å². The third-order valence-corrected chi connectivity index (χ3v) is 8.77. The Morgan fingerprint density at radius 2 is 1.81 bits per heavy atom. The number of nitrogens with zero attached hydrogens (tertiary/aromatic N) is 1. The predicted octanol–water partition coefficient (Wildman–Crippen LogP) is 6.15. The maximum Gasteiger partial charge on any atom is 0.387 e. The second-order valence-electron chi connectivity index (χ2n) is 9.27. The molecule has 0 unspecified atom stereocenters. The first-order valence-corrected chi connectivity index (χ1v) is 14.0. The van der Waals surface area contributed by atoms with Crippen LogP contribution < -0.4 is 10.5 Å². The van der Waals surface area contributed by atoms with Gasteiger partial charge in [0.05, 0.1) is 26.7 Å². The van der Waals surface area contributed by atoms with Crippen LogP contribution in [-0.2, 0) is 9.84 Å². The number of para-hydroxylation sites is 1. The first-order chi connectivity index (χ1) is 17.7. The Morgan fingerprint density at radius 1 is 1.08 bits per heavy atom. The maximum absolute atomic E-state index is 12.9. The van der Waals surface area contributed by atoms with Crippen LogP contribution in [0.3, 0.4) is 0 Å². The van der Waals surface area contributed by atoms with Crippen LogP contribution in [-0.4, -0.2) is 37.3 Å². The van der Waals surface area contributed by atoms with Crippen LogP contribution in [0.5, 0.6) is 5.75 Å². The Bertz CT molecular complexity index is 1520. The number of sulfone groups is 1. The lowest BCUT2D eigenvalue weighted by molar-refractivity contribution is -0.0494. The zero-order valence-electron chi connectivity index (χ0n) is 19.8. The summed E-state index contributed by atoms with van der Waals surface area (Å²) in [4.78, 5) is 8.39. The zero-order chi connectivity index (χ0) is 26.2. The molecule has 1 aliphatic carbocycles. The number of imidazole rings is 1. The number of aromatic amines is 1. The second-order valence-corrected chi connectivity index (χ2v) is 11.7. The van der Waals surface area contributed by atoms with Crippen molar-refractivity contribution in [2.75, 3.05) is 12.3 Å². The highest BCUT2D eigenvalue weighted by atomic mass is 35.5. The molecule has 3 aromatic carbocycles. The fraction of sp³-hybridized carbons (Fsp3) is 0.296. The molecule has 0 bridgehead atoms. The van der Waals surface area contributed by atoms with Crippen molar-refractivity contribution in [3.05, 3.63) is 77.1 Å². The van der Waals surface area contributed by atoms with Crippen LogP contribution in [0.4, 0.5) is 8.78 Å². The number of rotatable bonds is 10. The minimum atomic E-state index is -3.30. The van der Waals surface area contributed by atoms with E-state index in [1.54, 1.807) is 42.5 Å². The van der Waals surface area contributed by atoms with Crippen LogP contribution in [0.25, 0.3) is 22.2 Å². The lowest BCUT2D eigenvalue weighted by Gasteiger charge is -2.15. The van der Waals surface area contributed by atoms with Crippen molar-refractivity contribution in [2.45, 2.75) is 36.7 Å². The predicted molar refractivity (Wildman–Crippen MR) is 140 cm³/mol. The van der Waals surface area contributed by atoms with Gasteiger partial charge in [-0.2, -0.15) is 8.78 Å².